The lowest BCUT2D eigenvalue weighted by molar-refractivity contribution is 0.0723. The molecule has 1 aliphatic rings. The van der Waals surface area contributed by atoms with E-state index in [1.54, 1.807) is 0 Å². The van der Waals surface area contributed by atoms with Crippen molar-refractivity contribution >= 4 is 21.7 Å². The van der Waals surface area contributed by atoms with E-state index in [0.717, 1.165) is 22.5 Å². The summed E-state index contributed by atoms with van der Waals surface area (Å²) in [7, 11) is 0. The van der Waals surface area contributed by atoms with Gasteiger partial charge in [-0.25, -0.2) is 4.98 Å². The van der Waals surface area contributed by atoms with Gasteiger partial charge in [0.1, 0.15) is 5.82 Å². The Bertz CT molecular complexity index is 373. The van der Waals surface area contributed by atoms with Crippen LogP contribution in [0.5, 0.6) is 0 Å². The minimum atomic E-state index is 0.0156. The standard InChI is InChI=1S/C11H15BrN2O2/c1-8-10(12)2-3-11(13-8)14-4-5-16-7-9(14)6-15/h2-3,9,15H,4-7H2,1H3. The molecule has 1 aromatic heterocycles. The van der Waals surface area contributed by atoms with E-state index in [0.29, 0.717) is 13.2 Å². The zero-order valence-electron chi connectivity index (χ0n) is 9.19. The first-order chi connectivity index (χ1) is 7.72. The van der Waals surface area contributed by atoms with Gasteiger partial charge in [-0.05, 0) is 35.0 Å². The molecule has 1 fully saturated rings. The summed E-state index contributed by atoms with van der Waals surface area (Å²) in [4.78, 5) is 6.61. The number of morpholine rings is 1. The van der Waals surface area contributed by atoms with Crippen LogP contribution in [0.15, 0.2) is 16.6 Å². The molecule has 1 aliphatic heterocycles. The third kappa shape index (κ3) is 2.36. The molecule has 1 N–H and O–H groups in total. The zero-order chi connectivity index (χ0) is 11.5. The third-order valence-electron chi connectivity index (χ3n) is 2.74. The highest BCUT2D eigenvalue weighted by Gasteiger charge is 2.23. The van der Waals surface area contributed by atoms with Gasteiger partial charge in [-0.2, -0.15) is 0 Å². The van der Waals surface area contributed by atoms with E-state index in [1.807, 2.05) is 19.1 Å². The lowest BCUT2D eigenvalue weighted by atomic mass is 10.2. The number of hydrogen-bond acceptors (Lipinski definition) is 4. The maximum absolute atomic E-state index is 9.29. The Kier molecular flexibility index (Phi) is 3.78. The van der Waals surface area contributed by atoms with Gasteiger partial charge in [0.15, 0.2) is 0 Å². The summed E-state index contributed by atoms with van der Waals surface area (Å²) in [5.41, 5.74) is 0.959. The number of hydrogen-bond donors (Lipinski definition) is 1. The van der Waals surface area contributed by atoms with Crippen LogP contribution in [0.2, 0.25) is 0 Å². The van der Waals surface area contributed by atoms with E-state index in [4.69, 9.17) is 4.74 Å². The number of aromatic nitrogens is 1. The second kappa shape index (κ2) is 5.12. The first-order valence-electron chi connectivity index (χ1n) is 5.30. The van der Waals surface area contributed by atoms with Crippen molar-refractivity contribution in [3.8, 4) is 0 Å². The van der Waals surface area contributed by atoms with Crippen LogP contribution in [0.3, 0.4) is 0 Å². The molecule has 2 rings (SSSR count). The molecule has 0 aliphatic carbocycles. The van der Waals surface area contributed by atoms with Gasteiger partial charge >= 0.3 is 0 Å². The number of anilines is 1. The Morgan fingerprint density at radius 1 is 1.62 bits per heavy atom. The van der Waals surface area contributed by atoms with E-state index >= 15 is 0 Å². The molecule has 0 aromatic carbocycles. The van der Waals surface area contributed by atoms with Crippen LogP contribution in [-0.4, -0.2) is 42.5 Å². The summed E-state index contributed by atoms with van der Waals surface area (Å²) in [6, 6.07) is 3.97. The maximum Gasteiger partial charge on any atom is 0.129 e. The summed E-state index contributed by atoms with van der Waals surface area (Å²) in [6.45, 7) is 4.08. The van der Waals surface area contributed by atoms with Crippen LogP contribution in [0.25, 0.3) is 0 Å². The average molecular weight is 287 g/mol. The molecule has 1 saturated heterocycles. The first kappa shape index (κ1) is 11.8. The quantitative estimate of drug-likeness (QED) is 0.892. The molecule has 0 bridgehead atoms. The van der Waals surface area contributed by atoms with Gasteiger partial charge in [0.25, 0.3) is 0 Å². The lowest BCUT2D eigenvalue weighted by Crippen LogP contribution is -2.48. The lowest BCUT2D eigenvalue weighted by Gasteiger charge is -2.35. The van der Waals surface area contributed by atoms with Crippen molar-refractivity contribution < 1.29 is 9.84 Å². The average Bonchev–Trinajstić information content (AvgIpc) is 2.32. The SMILES string of the molecule is Cc1nc(N2CCOCC2CO)ccc1Br. The minimum absolute atomic E-state index is 0.0156. The minimum Gasteiger partial charge on any atom is -0.394 e. The van der Waals surface area contributed by atoms with Crippen molar-refractivity contribution in [2.45, 2.75) is 13.0 Å². The fourth-order valence-electron chi connectivity index (χ4n) is 1.80. The third-order valence-corrected chi connectivity index (χ3v) is 3.58. The van der Waals surface area contributed by atoms with Gasteiger partial charge in [-0.3, -0.25) is 0 Å². The summed E-state index contributed by atoms with van der Waals surface area (Å²) in [5, 5.41) is 9.29. The number of nitrogens with zero attached hydrogens (tertiary/aromatic N) is 2. The zero-order valence-corrected chi connectivity index (χ0v) is 10.8. The Balaban J connectivity index is 2.23. The van der Waals surface area contributed by atoms with Crippen LogP contribution in [0.4, 0.5) is 5.82 Å². The summed E-state index contributed by atoms with van der Waals surface area (Å²) < 4.78 is 6.34. The molecular weight excluding hydrogens is 272 g/mol. The number of rotatable bonds is 2. The van der Waals surface area contributed by atoms with Gasteiger partial charge in [0.05, 0.1) is 31.6 Å². The van der Waals surface area contributed by atoms with Gasteiger partial charge in [-0.15, -0.1) is 0 Å². The molecule has 1 unspecified atom stereocenters. The van der Waals surface area contributed by atoms with Gasteiger partial charge in [0, 0.05) is 11.0 Å². The van der Waals surface area contributed by atoms with E-state index in [9.17, 15) is 5.11 Å². The van der Waals surface area contributed by atoms with Crippen molar-refractivity contribution in [1.82, 2.24) is 4.98 Å². The highest BCUT2D eigenvalue weighted by molar-refractivity contribution is 9.10. The summed E-state index contributed by atoms with van der Waals surface area (Å²) in [6.07, 6.45) is 0. The maximum atomic E-state index is 9.29. The predicted octanol–water partition coefficient (Wildman–Crippen LogP) is 1.35. The normalized spacial score (nSPS) is 21.2. The fraction of sp³-hybridized carbons (Fsp3) is 0.545. The number of aliphatic hydroxyl groups is 1. The Morgan fingerprint density at radius 3 is 3.12 bits per heavy atom. The van der Waals surface area contributed by atoms with Crippen molar-refractivity contribution in [2.24, 2.45) is 0 Å². The van der Waals surface area contributed by atoms with Crippen LogP contribution in [-0.2, 0) is 4.74 Å². The Labute approximate surface area is 103 Å². The van der Waals surface area contributed by atoms with Crippen LogP contribution in [0.1, 0.15) is 5.69 Å². The molecule has 5 heteroatoms. The monoisotopic (exact) mass is 286 g/mol. The molecule has 0 radical (unpaired) electrons. The Morgan fingerprint density at radius 2 is 2.44 bits per heavy atom. The van der Waals surface area contributed by atoms with Gasteiger partial charge < -0.3 is 14.7 Å². The molecule has 16 heavy (non-hydrogen) atoms. The van der Waals surface area contributed by atoms with Crippen molar-refractivity contribution in [3.05, 3.63) is 22.3 Å². The second-order valence-corrected chi connectivity index (χ2v) is 4.70. The van der Waals surface area contributed by atoms with Gasteiger partial charge in [0.2, 0.25) is 0 Å². The number of halogens is 1. The van der Waals surface area contributed by atoms with E-state index in [2.05, 4.69) is 25.8 Å². The van der Waals surface area contributed by atoms with E-state index in [1.165, 1.54) is 0 Å². The molecule has 0 spiro atoms. The molecule has 0 amide bonds. The number of aryl methyl sites for hydroxylation is 1. The highest BCUT2D eigenvalue weighted by Crippen LogP contribution is 2.21. The molecule has 2 heterocycles. The molecular formula is C11H15BrN2O2. The number of ether oxygens (including phenoxy) is 1. The number of aliphatic hydroxyl groups excluding tert-OH is 1. The van der Waals surface area contributed by atoms with E-state index < -0.39 is 0 Å². The smallest absolute Gasteiger partial charge is 0.129 e. The molecule has 1 atom stereocenters. The van der Waals surface area contributed by atoms with Crippen LogP contribution >= 0.6 is 15.9 Å². The van der Waals surface area contributed by atoms with Crippen molar-refractivity contribution in [2.75, 3.05) is 31.3 Å². The second-order valence-electron chi connectivity index (χ2n) is 3.84. The highest BCUT2D eigenvalue weighted by atomic mass is 79.9. The summed E-state index contributed by atoms with van der Waals surface area (Å²) >= 11 is 3.43. The number of pyridine rings is 1. The Hall–Kier alpha value is -0.650. The van der Waals surface area contributed by atoms with Crippen LogP contribution in [0, 0.1) is 6.92 Å². The van der Waals surface area contributed by atoms with Crippen molar-refractivity contribution in [3.63, 3.8) is 0 Å². The summed E-state index contributed by atoms with van der Waals surface area (Å²) in [5.74, 6) is 0.906. The molecule has 1 aromatic rings. The van der Waals surface area contributed by atoms with Crippen LogP contribution < -0.4 is 4.90 Å². The molecule has 88 valence electrons. The van der Waals surface area contributed by atoms with Crippen molar-refractivity contribution in [1.29, 1.82) is 0 Å². The predicted molar refractivity (Wildman–Crippen MR) is 65.7 cm³/mol. The van der Waals surface area contributed by atoms with E-state index in [-0.39, 0.29) is 12.6 Å². The largest absolute Gasteiger partial charge is 0.394 e. The molecule has 0 saturated carbocycles. The topological polar surface area (TPSA) is 45.6 Å². The first-order valence-corrected chi connectivity index (χ1v) is 6.10. The fourth-order valence-corrected chi connectivity index (χ4v) is 2.02. The molecule has 4 nitrogen and oxygen atoms in total. The van der Waals surface area contributed by atoms with Gasteiger partial charge in [-0.1, -0.05) is 0 Å².